The SMILES string of the molecule is Cn1ccc(NC(=O)c2cccc(C(F)(F)F)c2F)n1. The van der Waals surface area contributed by atoms with Crippen LogP contribution in [0, 0.1) is 5.82 Å². The van der Waals surface area contributed by atoms with Crippen LogP contribution < -0.4 is 5.32 Å². The summed E-state index contributed by atoms with van der Waals surface area (Å²) < 4.78 is 52.7. The minimum atomic E-state index is -4.86. The van der Waals surface area contributed by atoms with E-state index in [1.807, 2.05) is 0 Å². The third kappa shape index (κ3) is 2.79. The van der Waals surface area contributed by atoms with Crippen LogP contribution >= 0.6 is 0 Å². The van der Waals surface area contributed by atoms with Crippen molar-refractivity contribution in [1.29, 1.82) is 0 Å². The zero-order valence-corrected chi connectivity index (χ0v) is 10.2. The Kier molecular flexibility index (Phi) is 3.47. The highest BCUT2D eigenvalue weighted by Crippen LogP contribution is 2.32. The van der Waals surface area contributed by atoms with Crippen LogP contribution in [0.25, 0.3) is 0 Å². The number of nitrogens with zero attached hydrogens (tertiary/aromatic N) is 2. The van der Waals surface area contributed by atoms with E-state index < -0.39 is 29.0 Å². The van der Waals surface area contributed by atoms with Crippen molar-refractivity contribution in [1.82, 2.24) is 9.78 Å². The summed E-state index contributed by atoms with van der Waals surface area (Å²) in [6.45, 7) is 0. The molecule has 0 atom stereocenters. The fraction of sp³-hybridized carbons (Fsp3) is 0.167. The normalized spacial score (nSPS) is 11.4. The smallest absolute Gasteiger partial charge is 0.305 e. The average molecular weight is 287 g/mol. The van der Waals surface area contributed by atoms with E-state index in [9.17, 15) is 22.4 Å². The average Bonchev–Trinajstić information content (AvgIpc) is 2.73. The fourth-order valence-electron chi connectivity index (χ4n) is 1.59. The topological polar surface area (TPSA) is 46.9 Å². The lowest BCUT2D eigenvalue weighted by atomic mass is 10.1. The van der Waals surface area contributed by atoms with E-state index >= 15 is 0 Å². The molecule has 106 valence electrons. The first kappa shape index (κ1) is 14.0. The minimum Gasteiger partial charge on any atom is -0.305 e. The summed E-state index contributed by atoms with van der Waals surface area (Å²) in [5.74, 6) is -2.48. The number of carbonyl (C=O) groups is 1. The highest BCUT2D eigenvalue weighted by atomic mass is 19.4. The van der Waals surface area contributed by atoms with Crippen LogP contribution in [0.4, 0.5) is 23.4 Å². The molecular weight excluding hydrogens is 278 g/mol. The van der Waals surface area contributed by atoms with Gasteiger partial charge in [0, 0.05) is 19.3 Å². The van der Waals surface area contributed by atoms with Gasteiger partial charge < -0.3 is 5.32 Å². The van der Waals surface area contributed by atoms with Crippen molar-refractivity contribution in [3.05, 3.63) is 47.4 Å². The lowest BCUT2D eigenvalue weighted by Gasteiger charge is -2.10. The first-order valence-electron chi connectivity index (χ1n) is 5.46. The van der Waals surface area contributed by atoms with E-state index in [1.54, 1.807) is 7.05 Å². The maximum atomic E-state index is 13.7. The molecule has 0 radical (unpaired) electrons. The minimum absolute atomic E-state index is 0.120. The molecule has 0 saturated heterocycles. The first-order chi connectivity index (χ1) is 9.29. The molecule has 20 heavy (non-hydrogen) atoms. The Bertz CT molecular complexity index is 648. The molecule has 2 aromatic rings. The van der Waals surface area contributed by atoms with Gasteiger partial charge in [-0.05, 0) is 12.1 Å². The Morgan fingerprint density at radius 3 is 2.55 bits per heavy atom. The number of anilines is 1. The third-order valence-electron chi connectivity index (χ3n) is 2.50. The second-order valence-corrected chi connectivity index (χ2v) is 3.99. The maximum absolute atomic E-state index is 13.7. The van der Waals surface area contributed by atoms with Crippen LogP contribution in [-0.4, -0.2) is 15.7 Å². The molecule has 0 fully saturated rings. The Labute approximate surface area is 111 Å². The molecule has 1 amide bonds. The maximum Gasteiger partial charge on any atom is 0.419 e. The van der Waals surface area contributed by atoms with Gasteiger partial charge in [0.1, 0.15) is 5.82 Å². The molecule has 2 rings (SSSR count). The Morgan fingerprint density at radius 2 is 2.00 bits per heavy atom. The quantitative estimate of drug-likeness (QED) is 0.863. The molecule has 0 aliphatic carbocycles. The monoisotopic (exact) mass is 287 g/mol. The van der Waals surface area contributed by atoms with Gasteiger partial charge in [-0.1, -0.05) is 6.07 Å². The van der Waals surface area contributed by atoms with Gasteiger partial charge in [0.15, 0.2) is 5.82 Å². The zero-order valence-electron chi connectivity index (χ0n) is 10.2. The second kappa shape index (κ2) is 4.95. The van der Waals surface area contributed by atoms with Gasteiger partial charge in [-0.25, -0.2) is 4.39 Å². The molecule has 1 heterocycles. The van der Waals surface area contributed by atoms with Crippen molar-refractivity contribution in [2.24, 2.45) is 7.05 Å². The van der Waals surface area contributed by atoms with E-state index in [-0.39, 0.29) is 5.82 Å². The molecule has 4 nitrogen and oxygen atoms in total. The molecule has 0 spiro atoms. The molecule has 8 heteroatoms. The Hall–Kier alpha value is -2.38. The number of halogens is 4. The van der Waals surface area contributed by atoms with Crippen LogP contribution in [0.1, 0.15) is 15.9 Å². The fourth-order valence-corrected chi connectivity index (χ4v) is 1.59. The molecular formula is C12H9F4N3O. The van der Waals surface area contributed by atoms with Gasteiger partial charge in [0.05, 0.1) is 11.1 Å². The summed E-state index contributed by atoms with van der Waals surface area (Å²) >= 11 is 0. The second-order valence-electron chi connectivity index (χ2n) is 3.99. The number of hydrogen-bond donors (Lipinski definition) is 1. The highest BCUT2D eigenvalue weighted by molar-refractivity contribution is 6.04. The van der Waals surface area contributed by atoms with Crippen molar-refractivity contribution >= 4 is 11.7 Å². The predicted octanol–water partition coefficient (Wildman–Crippen LogP) is 2.83. The number of alkyl halides is 3. The summed E-state index contributed by atoms with van der Waals surface area (Å²) in [7, 11) is 1.60. The summed E-state index contributed by atoms with van der Waals surface area (Å²) in [6.07, 6.45) is -3.33. The van der Waals surface area contributed by atoms with Crippen LogP contribution in [0.2, 0.25) is 0 Å². The number of hydrogen-bond acceptors (Lipinski definition) is 2. The van der Waals surface area contributed by atoms with E-state index in [0.29, 0.717) is 6.07 Å². The lowest BCUT2D eigenvalue weighted by Crippen LogP contribution is -2.17. The van der Waals surface area contributed by atoms with Gasteiger partial charge in [-0.3, -0.25) is 9.48 Å². The largest absolute Gasteiger partial charge is 0.419 e. The summed E-state index contributed by atoms with van der Waals surface area (Å²) in [4.78, 5) is 11.8. The van der Waals surface area contributed by atoms with Crippen LogP contribution in [-0.2, 0) is 13.2 Å². The van der Waals surface area contributed by atoms with Crippen molar-refractivity contribution in [2.75, 3.05) is 5.32 Å². The number of amides is 1. The van der Waals surface area contributed by atoms with Crippen molar-refractivity contribution in [3.63, 3.8) is 0 Å². The van der Waals surface area contributed by atoms with E-state index in [4.69, 9.17) is 0 Å². The summed E-state index contributed by atoms with van der Waals surface area (Å²) in [5.41, 5.74) is -2.17. The van der Waals surface area contributed by atoms with Gasteiger partial charge in [-0.15, -0.1) is 0 Å². The van der Waals surface area contributed by atoms with E-state index in [1.165, 1.54) is 16.9 Å². The number of rotatable bonds is 2. The van der Waals surface area contributed by atoms with Gasteiger partial charge >= 0.3 is 6.18 Å². The lowest BCUT2D eigenvalue weighted by molar-refractivity contribution is -0.140. The summed E-state index contributed by atoms with van der Waals surface area (Å²) in [6, 6.07) is 3.96. The number of aromatic nitrogens is 2. The number of carbonyl (C=O) groups excluding carboxylic acids is 1. The predicted molar refractivity (Wildman–Crippen MR) is 62.6 cm³/mol. The molecule has 0 bridgehead atoms. The molecule has 0 saturated carbocycles. The number of benzene rings is 1. The third-order valence-corrected chi connectivity index (χ3v) is 2.50. The molecule has 0 unspecified atom stereocenters. The zero-order chi connectivity index (χ0) is 14.9. The van der Waals surface area contributed by atoms with Crippen molar-refractivity contribution in [2.45, 2.75) is 6.18 Å². The van der Waals surface area contributed by atoms with E-state index in [0.717, 1.165) is 12.1 Å². The molecule has 1 N–H and O–H groups in total. The van der Waals surface area contributed by atoms with Crippen molar-refractivity contribution in [3.8, 4) is 0 Å². The number of nitrogens with one attached hydrogen (secondary N) is 1. The van der Waals surface area contributed by atoms with Crippen LogP contribution in [0.3, 0.4) is 0 Å². The standard InChI is InChI=1S/C12H9F4N3O/c1-19-6-5-9(18-19)17-11(20)7-3-2-4-8(10(7)13)12(14,15)16/h2-6H,1H3,(H,17,18,20). The molecule has 0 aliphatic rings. The summed E-state index contributed by atoms with van der Waals surface area (Å²) in [5, 5.41) is 6.04. The van der Waals surface area contributed by atoms with E-state index in [2.05, 4.69) is 10.4 Å². The Morgan fingerprint density at radius 1 is 1.30 bits per heavy atom. The molecule has 1 aromatic carbocycles. The Balaban J connectivity index is 2.31. The van der Waals surface area contributed by atoms with Crippen LogP contribution in [0.15, 0.2) is 30.5 Å². The molecule has 0 aliphatic heterocycles. The first-order valence-corrected chi connectivity index (χ1v) is 5.46. The van der Waals surface area contributed by atoms with Crippen molar-refractivity contribution < 1.29 is 22.4 Å². The molecule has 1 aromatic heterocycles. The van der Waals surface area contributed by atoms with Crippen LogP contribution in [0.5, 0.6) is 0 Å². The highest BCUT2D eigenvalue weighted by Gasteiger charge is 2.35. The van der Waals surface area contributed by atoms with Gasteiger partial charge in [0.2, 0.25) is 0 Å². The van der Waals surface area contributed by atoms with Gasteiger partial charge in [0.25, 0.3) is 5.91 Å². The van der Waals surface area contributed by atoms with Gasteiger partial charge in [-0.2, -0.15) is 18.3 Å². The number of aryl methyl sites for hydroxylation is 1.